The van der Waals surface area contributed by atoms with Crippen molar-refractivity contribution in [2.75, 3.05) is 16.8 Å². The fourth-order valence-corrected chi connectivity index (χ4v) is 3.96. The Kier molecular flexibility index (Phi) is 6.13. The summed E-state index contributed by atoms with van der Waals surface area (Å²) in [6, 6.07) is 0. The van der Waals surface area contributed by atoms with Crippen LogP contribution in [0.4, 0.5) is 10.3 Å². The van der Waals surface area contributed by atoms with Gasteiger partial charge in [-0.25, -0.2) is 4.98 Å². The molecule has 0 fully saturated rings. The number of thiazole rings is 1. The highest BCUT2D eigenvalue weighted by molar-refractivity contribution is 7.18. The molecule has 2 heterocycles. The molecule has 0 aliphatic rings. The molecule has 1 N–H and O–H groups in total. The monoisotopic (exact) mass is 395 g/mol. The summed E-state index contributed by atoms with van der Waals surface area (Å²) < 4.78 is 0. The number of hydrogen-bond acceptors (Lipinski definition) is 7. The number of hydrogen-bond donors (Lipinski definition) is 1. The summed E-state index contributed by atoms with van der Waals surface area (Å²) in [5.41, 5.74) is 0.477. The first-order valence-electron chi connectivity index (χ1n) is 8.40. The van der Waals surface area contributed by atoms with Crippen LogP contribution in [-0.4, -0.2) is 33.5 Å². The lowest BCUT2D eigenvalue weighted by Crippen LogP contribution is -2.32. The Balaban J connectivity index is 2.21. The molecular formula is C17H25N5O2S2. The van der Waals surface area contributed by atoms with Crippen LogP contribution in [0.2, 0.25) is 0 Å². The highest BCUT2D eigenvalue weighted by Crippen LogP contribution is 2.30. The maximum atomic E-state index is 12.6. The molecule has 0 aliphatic carbocycles. The zero-order chi connectivity index (χ0) is 19.6. The normalized spacial score (nSPS) is 11.7. The highest BCUT2D eigenvalue weighted by atomic mass is 32.1. The summed E-state index contributed by atoms with van der Waals surface area (Å²) in [6.07, 6.45) is 0. The van der Waals surface area contributed by atoms with E-state index in [2.05, 4.69) is 20.5 Å². The average molecular weight is 396 g/mol. The van der Waals surface area contributed by atoms with Gasteiger partial charge in [0.15, 0.2) is 5.13 Å². The molecule has 26 heavy (non-hydrogen) atoms. The van der Waals surface area contributed by atoms with Crippen LogP contribution in [0.25, 0.3) is 0 Å². The second kappa shape index (κ2) is 7.79. The van der Waals surface area contributed by atoms with Crippen LogP contribution in [-0.2, 0) is 10.2 Å². The molecule has 0 radical (unpaired) electrons. The van der Waals surface area contributed by atoms with Crippen LogP contribution in [0.15, 0.2) is 0 Å². The van der Waals surface area contributed by atoms with Gasteiger partial charge in [-0.1, -0.05) is 57.3 Å². The van der Waals surface area contributed by atoms with Crippen molar-refractivity contribution in [3.8, 4) is 0 Å². The molecular weight excluding hydrogens is 370 g/mol. The first-order valence-corrected chi connectivity index (χ1v) is 10.0. The van der Waals surface area contributed by atoms with Crippen LogP contribution >= 0.6 is 22.7 Å². The maximum absolute atomic E-state index is 12.6. The van der Waals surface area contributed by atoms with E-state index in [1.165, 1.54) is 29.6 Å². The van der Waals surface area contributed by atoms with E-state index in [4.69, 9.17) is 0 Å². The van der Waals surface area contributed by atoms with Gasteiger partial charge in [-0.3, -0.25) is 19.8 Å². The summed E-state index contributed by atoms with van der Waals surface area (Å²) in [5, 5.41) is 12.8. The number of nitrogens with one attached hydrogen (secondary N) is 1. The number of aryl methyl sites for hydroxylation is 1. The number of carbonyl (C=O) groups excluding carboxylic acids is 2. The molecule has 7 nitrogen and oxygen atoms in total. The number of carbonyl (C=O) groups is 2. The minimum Gasteiger partial charge on any atom is -0.296 e. The Hall–Kier alpha value is -1.87. The van der Waals surface area contributed by atoms with Gasteiger partial charge in [0.1, 0.15) is 9.88 Å². The van der Waals surface area contributed by atoms with E-state index < -0.39 is 0 Å². The Morgan fingerprint density at radius 3 is 2.35 bits per heavy atom. The van der Waals surface area contributed by atoms with E-state index in [0.717, 1.165) is 5.01 Å². The van der Waals surface area contributed by atoms with Crippen LogP contribution in [0.3, 0.4) is 0 Å². The molecule has 2 aromatic rings. The van der Waals surface area contributed by atoms with Crippen molar-refractivity contribution >= 4 is 44.8 Å². The number of anilines is 2. The molecule has 142 valence electrons. The molecule has 2 aromatic heterocycles. The van der Waals surface area contributed by atoms with Crippen LogP contribution < -0.4 is 10.2 Å². The minimum atomic E-state index is -0.282. The SMILES string of the molecule is CC(=O)N(CC(C)C)c1nc(C)c(C(=O)Nc2nnc(C(C)(C)C)s2)s1. The molecule has 2 amide bonds. The zero-order valence-corrected chi connectivity index (χ0v) is 17.8. The van der Waals surface area contributed by atoms with Gasteiger partial charge in [-0.05, 0) is 12.8 Å². The number of rotatable bonds is 5. The topological polar surface area (TPSA) is 88.1 Å². The Morgan fingerprint density at radius 1 is 1.19 bits per heavy atom. The van der Waals surface area contributed by atoms with Crippen LogP contribution in [0, 0.1) is 12.8 Å². The van der Waals surface area contributed by atoms with Crippen molar-refractivity contribution in [2.45, 2.75) is 53.9 Å². The summed E-state index contributed by atoms with van der Waals surface area (Å²) >= 11 is 2.58. The summed E-state index contributed by atoms with van der Waals surface area (Å²) in [4.78, 5) is 31.1. The Bertz CT molecular complexity index is 804. The van der Waals surface area contributed by atoms with Crippen LogP contribution in [0.5, 0.6) is 0 Å². The molecule has 0 aromatic carbocycles. The molecule has 0 unspecified atom stereocenters. The largest absolute Gasteiger partial charge is 0.296 e. The van der Waals surface area contributed by atoms with Gasteiger partial charge in [-0.2, -0.15) is 0 Å². The van der Waals surface area contributed by atoms with E-state index in [0.29, 0.717) is 33.3 Å². The highest BCUT2D eigenvalue weighted by Gasteiger charge is 2.24. The van der Waals surface area contributed by atoms with Gasteiger partial charge in [0, 0.05) is 18.9 Å². The lowest BCUT2D eigenvalue weighted by Gasteiger charge is -2.19. The third kappa shape index (κ3) is 4.85. The summed E-state index contributed by atoms with van der Waals surface area (Å²) in [7, 11) is 0. The third-order valence-corrected chi connectivity index (χ3v) is 5.88. The molecule has 0 saturated carbocycles. The number of aromatic nitrogens is 3. The smallest absolute Gasteiger partial charge is 0.269 e. The van der Waals surface area contributed by atoms with Crippen molar-refractivity contribution in [3.05, 3.63) is 15.6 Å². The van der Waals surface area contributed by atoms with Gasteiger partial charge in [0.2, 0.25) is 11.0 Å². The first-order chi connectivity index (χ1) is 12.0. The second-order valence-electron chi connectivity index (χ2n) is 7.55. The van der Waals surface area contributed by atoms with E-state index in [-0.39, 0.29) is 17.2 Å². The predicted octanol–water partition coefficient (Wildman–Crippen LogP) is 3.86. The van der Waals surface area contributed by atoms with Crippen molar-refractivity contribution in [1.29, 1.82) is 0 Å². The van der Waals surface area contributed by atoms with Gasteiger partial charge in [-0.15, -0.1) is 10.2 Å². The quantitative estimate of drug-likeness (QED) is 0.830. The molecule has 0 aliphatic heterocycles. The Morgan fingerprint density at radius 2 is 1.85 bits per heavy atom. The summed E-state index contributed by atoms with van der Waals surface area (Å²) in [5.74, 6) is -0.0631. The number of amides is 2. The first kappa shape index (κ1) is 20.4. The standard InChI is InChI=1S/C17H25N5O2S2/c1-9(2)8-22(11(4)23)16-18-10(3)12(25-16)13(24)19-15-21-20-14(26-15)17(5,6)7/h9H,8H2,1-7H3,(H,19,21,24). The van der Waals surface area contributed by atoms with Crippen molar-refractivity contribution in [2.24, 2.45) is 5.92 Å². The van der Waals surface area contributed by atoms with Gasteiger partial charge >= 0.3 is 0 Å². The van der Waals surface area contributed by atoms with E-state index >= 15 is 0 Å². The molecule has 0 bridgehead atoms. The molecule has 0 spiro atoms. The van der Waals surface area contributed by atoms with Crippen LogP contribution in [0.1, 0.15) is 61.9 Å². The predicted molar refractivity (Wildman–Crippen MR) is 106 cm³/mol. The fourth-order valence-electron chi connectivity index (χ4n) is 2.15. The van der Waals surface area contributed by atoms with Gasteiger partial charge < -0.3 is 0 Å². The third-order valence-electron chi connectivity index (χ3n) is 3.44. The number of nitrogens with zero attached hydrogens (tertiary/aromatic N) is 4. The minimum absolute atomic E-state index is 0.0849. The summed E-state index contributed by atoms with van der Waals surface area (Å²) in [6.45, 7) is 14.0. The van der Waals surface area contributed by atoms with Gasteiger partial charge in [0.05, 0.1) is 5.69 Å². The average Bonchev–Trinajstić information content (AvgIpc) is 3.10. The van der Waals surface area contributed by atoms with Crippen molar-refractivity contribution in [3.63, 3.8) is 0 Å². The van der Waals surface area contributed by atoms with Crippen molar-refractivity contribution < 1.29 is 9.59 Å². The molecule has 2 rings (SSSR count). The fraction of sp³-hybridized carbons (Fsp3) is 0.588. The zero-order valence-electron chi connectivity index (χ0n) is 16.2. The van der Waals surface area contributed by atoms with Gasteiger partial charge in [0.25, 0.3) is 5.91 Å². The second-order valence-corrected chi connectivity index (χ2v) is 9.51. The van der Waals surface area contributed by atoms with E-state index in [1.54, 1.807) is 11.8 Å². The lowest BCUT2D eigenvalue weighted by molar-refractivity contribution is -0.116. The van der Waals surface area contributed by atoms with Crippen molar-refractivity contribution in [1.82, 2.24) is 15.2 Å². The molecule has 9 heteroatoms. The van der Waals surface area contributed by atoms with E-state index in [9.17, 15) is 9.59 Å². The van der Waals surface area contributed by atoms with E-state index in [1.807, 2.05) is 34.6 Å². The Labute approximate surface area is 161 Å². The lowest BCUT2D eigenvalue weighted by atomic mass is 9.98. The molecule has 0 atom stereocenters. The molecule has 0 saturated heterocycles. The maximum Gasteiger partial charge on any atom is 0.269 e.